The predicted octanol–water partition coefficient (Wildman–Crippen LogP) is 2.23. The molecule has 0 amide bonds. The van der Waals surface area contributed by atoms with Crippen molar-refractivity contribution >= 4 is 10.9 Å². The molecule has 0 saturated heterocycles. The number of aromatic nitrogens is 1. The Bertz CT molecular complexity index is 576. The highest BCUT2D eigenvalue weighted by Gasteiger charge is 2.21. The van der Waals surface area contributed by atoms with Crippen molar-refractivity contribution in [2.24, 2.45) is 0 Å². The van der Waals surface area contributed by atoms with Gasteiger partial charge in [-0.1, -0.05) is 18.2 Å². The van der Waals surface area contributed by atoms with E-state index in [1.807, 2.05) is 18.2 Å². The van der Waals surface area contributed by atoms with Gasteiger partial charge in [0.05, 0.1) is 12.1 Å². The number of aliphatic hydroxyl groups excluding tert-OH is 1. The monoisotopic (exact) mass is 233 g/mol. The third-order valence-electron chi connectivity index (χ3n) is 2.95. The van der Waals surface area contributed by atoms with Crippen molar-refractivity contribution in [2.75, 3.05) is 6.61 Å². The van der Waals surface area contributed by atoms with E-state index >= 15 is 0 Å². The number of rotatable bonds is 2. The standard InChI is InChI=1S/C13H12FNO2/c14-11-3-1-2-9-6-7-15(13(9)11)12-5-4-10(8-16)17-12/h1-7,10,12,16H,8H2/t10-,12+/m0/s1. The lowest BCUT2D eigenvalue weighted by Crippen LogP contribution is -2.15. The van der Waals surface area contributed by atoms with Crippen LogP contribution in [0, 0.1) is 5.82 Å². The number of halogens is 1. The quantitative estimate of drug-likeness (QED) is 0.807. The molecule has 17 heavy (non-hydrogen) atoms. The second kappa shape index (κ2) is 3.98. The molecule has 88 valence electrons. The molecule has 1 N–H and O–H groups in total. The third kappa shape index (κ3) is 1.66. The van der Waals surface area contributed by atoms with Crippen LogP contribution in [0.2, 0.25) is 0 Å². The van der Waals surface area contributed by atoms with E-state index < -0.39 is 0 Å². The minimum Gasteiger partial charge on any atom is -0.393 e. The van der Waals surface area contributed by atoms with Crippen LogP contribution in [0.25, 0.3) is 10.9 Å². The molecule has 0 radical (unpaired) electrons. The van der Waals surface area contributed by atoms with Crippen LogP contribution in [0.4, 0.5) is 4.39 Å². The Morgan fingerprint density at radius 2 is 2.18 bits per heavy atom. The Morgan fingerprint density at radius 3 is 2.94 bits per heavy atom. The van der Waals surface area contributed by atoms with E-state index in [1.165, 1.54) is 6.07 Å². The van der Waals surface area contributed by atoms with E-state index in [0.29, 0.717) is 5.52 Å². The van der Waals surface area contributed by atoms with Gasteiger partial charge in [0, 0.05) is 11.6 Å². The second-order valence-electron chi connectivity index (χ2n) is 4.03. The summed E-state index contributed by atoms with van der Waals surface area (Å²) in [5.41, 5.74) is 0.528. The number of aliphatic hydroxyl groups is 1. The molecule has 0 bridgehead atoms. The van der Waals surface area contributed by atoms with Gasteiger partial charge in [-0.2, -0.15) is 0 Å². The maximum atomic E-state index is 13.8. The molecule has 0 unspecified atom stereocenters. The number of benzene rings is 1. The van der Waals surface area contributed by atoms with Gasteiger partial charge in [-0.25, -0.2) is 4.39 Å². The van der Waals surface area contributed by atoms with E-state index in [1.54, 1.807) is 22.9 Å². The van der Waals surface area contributed by atoms with Gasteiger partial charge in [0.1, 0.15) is 11.9 Å². The first-order chi connectivity index (χ1) is 8.29. The van der Waals surface area contributed by atoms with Crippen LogP contribution >= 0.6 is 0 Å². The maximum absolute atomic E-state index is 13.8. The topological polar surface area (TPSA) is 34.4 Å². The summed E-state index contributed by atoms with van der Waals surface area (Å²) in [4.78, 5) is 0. The smallest absolute Gasteiger partial charge is 0.154 e. The van der Waals surface area contributed by atoms with Crippen LogP contribution in [0.1, 0.15) is 6.23 Å². The Balaban J connectivity index is 2.05. The van der Waals surface area contributed by atoms with E-state index in [0.717, 1.165) is 5.39 Å². The first kappa shape index (κ1) is 10.5. The van der Waals surface area contributed by atoms with Gasteiger partial charge in [0.2, 0.25) is 0 Å². The van der Waals surface area contributed by atoms with Crippen LogP contribution in [0.15, 0.2) is 42.6 Å². The summed E-state index contributed by atoms with van der Waals surface area (Å²) in [6.45, 7) is -0.0608. The zero-order chi connectivity index (χ0) is 11.8. The molecular formula is C13H12FNO2. The van der Waals surface area contributed by atoms with Gasteiger partial charge >= 0.3 is 0 Å². The Morgan fingerprint density at radius 1 is 1.29 bits per heavy atom. The molecule has 2 aromatic rings. The lowest BCUT2D eigenvalue weighted by Gasteiger charge is -2.15. The Hall–Kier alpha value is -1.65. The SMILES string of the molecule is OC[C@@H]1C=C[C@H](n2ccc3cccc(F)c32)O1. The van der Waals surface area contributed by atoms with E-state index in [-0.39, 0.29) is 24.8 Å². The summed E-state index contributed by atoms with van der Waals surface area (Å²) in [7, 11) is 0. The molecule has 2 heterocycles. The van der Waals surface area contributed by atoms with Crippen LogP contribution in [0.3, 0.4) is 0 Å². The average molecular weight is 233 g/mol. The molecule has 1 aliphatic rings. The zero-order valence-corrected chi connectivity index (χ0v) is 9.08. The van der Waals surface area contributed by atoms with Gasteiger partial charge in [-0.3, -0.25) is 0 Å². The fourth-order valence-corrected chi connectivity index (χ4v) is 2.14. The molecule has 3 rings (SSSR count). The molecule has 0 spiro atoms. The highest BCUT2D eigenvalue weighted by Crippen LogP contribution is 2.28. The molecule has 2 atom stereocenters. The van der Waals surface area contributed by atoms with Crippen molar-refractivity contribution in [1.82, 2.24) is 4.57 Å². The van der Waals surface area contributed by atoms with Gasteiger partial charge in [0.15, 0.2) is 6.23 Å². The molecule has 0 fully saturated rings. The molecule has 0 aliphatic carbocycles. The molecule has 3 nitrogen and oxygen atoms in total. The summed E-state index contributed by atoms with van der Waals surface area (Å²) in [6, 6.07) is 6.82. The van der Waals surface area contributed by atoms with Crippen LogP contribution in [0.5, 0.6) is 0 Å². The number of ether oxygens (including phenoxy) is 1. The first-order valence-electron chi connectivity index (χ1n) is 5.49. The maximum Gasteiger partial charge on any atom is 0.154 e. The first-order valence-corrected chi connectivity index (χ1v) is 5.49. The average Bonchev–Trinajstić information content (AvgIpc) is 2.94. The fraction of sp³-hybridized carbons (Fsp3) is 0.231. The van der Waals surface area contributed by atoms with E-state index in [4.69, 9.17) is 9.84 Å². The minimum absolute atomic E-state index is 0.0608. The van der Waals surface area contributed by atoms with Crippen molar-refractivity contribution in [1.29, 1.82) is 0 Å². The van der Waals surface area contributed by atoms with Crippen LogP contribution in [-0.4, -0.2) is 22.4 Å². The van der Waals surface area contributed by atoms with Gasteiger partial charge in [-0.05, 0) is 18.2 Å². The van der Waals surface area contributed by atoms with Crippen LogP contribution < -0.4 is 0 Å². The summed E-state index contributed by atoms with van der Waals surface area (Å²) < 4.78 is 21.0. The highest BCUT2D eigenvalue weighted by atomic mass is 19.1. The fourth-order valence-electron chi connectivity index (χ4n) is 2.14. The van der Waals surface area contributed by atoms with Crippen molar-refractivity contribution < 1.29 is 14.2 Å². The number of para-hydroxylation sites is 1. The van der Waals surface area contributed by atoms with Crippen LogP contribution in [-0.2, 0) is 4.74 Å². The Labute approximate surface area is 97.7 Å². The largest absolute Gasteiger partial charge is 0.393 e. The molecular weight excluding hydrogens is 221 g/mol. The van der Waals surface area contributed by atoms with Crippen molar-refractivity contribution in [3.8, 4) is 0 Å². The number of fused-ring (bicyclic) bond motifs is 1. The van der Waals surface area contributed by atoms with Crippen molar-refractivity contribution in [3.05, 3.63) is 48.4 Å². The molecule has 1 aromatic heterocycles. The van der Waals surface area contributed by atoms with Gasteiger partial charge < -0.3 is 14.4 Å². The van der Waals surface area contributed by atoms with Gasteiger partial charge in [0.25, 0.3) is 0 Å². The second-order valence-corrected chi connectivity index (χ2v) is 4.03. The summed E-state index contributed by atoms with van der Waals surface area (Å²) in [5.74, 6) is -0.267. The summed E-state index contributed by atoms with van der Waals surface area (Å²) in [5, 5.41) is 9.83. The van der Waals surface area contributed by atoms with E-state index in [9.17, 15) is 4.39 Å². The molecule has 1 aliphatic heterocycles. The normalized spacial score (nSPS) is 23.6. The minimum atomic E-state index is -0.346. The lowest BCUT2D eigenvalue weighted by molar-refractivity contribution is -0.00609. The molecule has 0 saturated carbocycles. The summed E-state index contributed by atoms with van der Waals surface area (Å²) in [6.07, 6.45) is 4.76. The third-order valence-corrected chi connectivity index (χ3v) is 2.95. The lowest BCUT2D eigenvalue weighted by atomic mass is 10.2. The van der Waals surface area contributed by atoms with Crippen molar-refractivity contribution in [2.45, 2.75) is 12.3 Å². The Kier molecular flexibility index (Phi) is 2.46. The predicted molar refractivity (Wildman–Crippen MR) is 62.0 cm³/mol. The number of hydrogen-bond donors (Lipinski definition) is 1. The van der Waals surface area contributed by atoms with Crippen molar-refractivity contribution in [3.63, 3.8) is 0 Å². The van der Waals surface area contributed by atoms with Gasteiger partial charge in [-0.15, -0.1) is 0 Å². The van der Waals surface area contributed by atoms with E-state index in [2.05, 4.69) is 0 Å². The molecule has 1 aromatic carbocycles. The molecule has 4 heteroatoms. The summed E-state index contributed by atoms with van der Waals surface area (Å²) >= 11 is 0. The highest BCUT2D eigenvalue weighted by molar-refractivity contribution is 5.80. The number of nitrogens with zero attached hydrogens (tertiary/aromatic N) is 1. The number of hydrogen-bond acceptors (Lipinski definition) is 2. The zero-order valence-electron chi connectivity index (χ0n) is 9.08.